The van der Waals surface area contributed by atoms with Crippen LogP contribution < -0.4 is 4.74 Å². The normalized spacial score (nSPS) is 9.85. The highest BCUT2D eigenvalue weighted by atomic mass is 79.9. The summed E-state index contributed by atoms with van der Waals surface area (Å²) < 4.78 is 18.8. The van der Waals surface area contributed by atoms with Crippen LogP contribution >= 0.6 is 15.9 Å². The van der Waals surface area contributed by atoms with Crippen molar-refractivity contribution in [2.24, 2.45) is 0 Å². The second kappa shape index (κ2) is 5.63. The standard InChI is InChI=1S/C12H5BrFN3O3/c13-9-2-1-8(14)4-11(9)20-12-10(17(18)19)3-7(5-15)6-16-12/h1-4,6H. The summed E-state index contributed by atoms with van der Waals surface area (Å²) in [5, 5.41) is 19.6. The van der Waals surface area contributed by atoms with Gasteiger partial charge >= 0.3 is 5.69 Å². The van der Waals surface area contributed by atoms with Gasteiger partial charge in [0.05, 0.1) is 15.0 Å². The summed E-state index contributed by atoms with van der Waals surface area (Å²) in [6.45, 7) is 0. The number of halogens is 2. The van der Waals surface area contributed by atoms with Crippen LogP contribution in [0, 0.1) is 27.3 Å². The van der Waals surface area contributed by atoms with Crippen LogP contribution in [0.25, 0.3) is 0 Å². The molecule has 0 aliphatic heterocycles. The zero-order valence-corrected chi connectivity index (χ0v) is 11.3. The van der Waals surface area contributed by atoms with Crippen molar-refractivity contribution in [3.63, 3.8) is 0 Å². The Morgan fingerprint density at radius 3 is 2.85 bits per heavy atom. The quantitative estimate of drug-likeness (QED) is 0.631. The Balaban J connectivity index is 2.46. The number of nitriles is 1. The van der Waals surface area contributed by atoms with E-state index in [1.807, 2.05) is 0 Å². The predicted octanol–water partition coefficient (Wildman–Crippen LogP) is 3.56. The van der Waals surface area contributed by atoms with Crippen molar-refractivity contribution in [2.45, 2.75) is 0 Å². The highest BCUT2D eigenvalue weighted by Gasteiger charge is 2.19. The molecule has 0 aliphatic rings. The summed E-state index contributed by atoms with van der Waals surface area (Å²) in [6.07, 6.45) is 1.13. The molecule has 6 nitrogen and oxygen atoms in total. The molecule has 0 saturated heterocycles. The maximum atomic E-state index is 13.1. The number of hydrogen-bond donors (Lipinski definition) is 0. The van der Waals surface area contributed by atoms with Gasteiger partial charge in [0, 0.05) is 18.3 Å². The fourth-order valence-corrected chi connectivity index (χ4v) is 1.70. The Hall–Kier alpha value is -2.53. The number of nitro groups is 1. The lowest BCUT2D eigenvalue weighted by molar-refractivity contribution is -0.386. The molecule has 8 heteroatoms. The Bertz CT molecular complexity index is 730. The third-order valence-corrected chi connectivity index (χ3v) is 2.91. The molecule has 0 spiro atoms. The SMILES string of the molecule is N#Cc1cnc(Oc2cc(F)ccc2Br)c([N+](=O)[O-])c1. The smallest absolute Gasteiger partial charge is 0.332 e. The van der Waals surface area contributed by atoms with Crippen molar-refractivity contribution in [3.8, 4) is 17.7 Å². The number of hydrogen-bond acceptors (Lipinski definition) is 5. The van der Waals surface area contributed by atoms with Crippen molar-refractivity contribution in [2.75, 3.05) is 0 Å². The Morgan fingerprint density at radius 1 is 1.45 bits per heavy atom. The van der Waals surface area contributed by atoms with Crippen LogP contribution in [0.2, 0.25) is 0 Å². The highest BCUT2D eigenvalue weighted by Crippen LogP contribution is 2.34. The molecule has 0 saturated carbocycles. The fourth-order valence-electron chi connectivity index (χ4n) is 1.37. The predicted molar refractivity (Wildman–Crippen MR) is 69.8 cm³/mol. The van der Waals surface area contributed by atoms with Crippen LogP contribution in [0.1, 0.15) is 5.56 Å². The molecule has 0 amide bonds. The molecule has 0 bridgehead atoms. The maximum Gasteiger partial charge on any atom is 0.332 e. The van der Waals surface area contributed by atoms with Gasteiger partial charge in [0.15, 0.2) is 0 Å². The molecule has 2 rings (SSSR count). The van der Waals surface area contributed by atoms with Crippen LogP contribution in [-0.4, -0.2) is 9.91 Å². The zero-order valence-electron chi connectivity index (χ0n) is 9.71. The van der Waals surface area contributed by atoms with E-state index in [0.717, 1.165) is 18.3 Å². The van der Waals surface area contributed by atoms with E-state index < -0.39 is 16.4 Å². The van der Waals surface area contributed by atoms with E-state index in [0.29, 0.717) is 4.47 Å². The number of rotatable bonds is 3. The minimum absolute atomic E-state index is 0.0300. The molecule has 0 radical (unpaired) electrons. The van der Waals surface area contributed by atoms with Crippen molar-refractivity contribution >= 4 is 21.6 Å². The first-order chi connectivity index (χ1) is 9.51. The molecule has 20 heavy (non-hydrogen) atoms. The average Bonchev–Trinajstić information content (AvgIpc) is 2.43. The van der Waals surface area contributed by atoms with Crippen LogP contribution in [0.4, 0.5) is 10.1 Å². The lowest BCUT2D eigenvalue weighted by Crippen LogP contribution is -1.97. The van der Waals surface area contributed by atoms with Crippen LogP contribution in [0.15, 0.2) is 34.9 Å². The molecule has 0 atom stereocenters. The molecular weight excluding hydrogens is 333 g/mol. The van der Waals surface area contributed by atoms with Gasteiger partial charge in [-0.3, -0.25) is 10.1 Å². The maximum absolute atomic E-state index is 13.1. The number of benzene rings is 1. The number of aromatic nitrogens is 1. The molecular formula is C12H5BrFN3O3. The largest absolute Gasteiger partial charge is 0.432 e. The number of pyridine rings is 1. The van der Waals surface area contributed by atoms with Gasteiger partial charge in [-0.05, 0) is 28.1 Å². The van der Waals surface area contributed by atoms with Gasteiger partial charge in [-0.25, -0.2) is 9.37 Å². The van der Waals surface area contributed by atoms with Gasteiger partial charge in [-0.2, -0.15) is 5.26 Å². The molecule has 1 heterocycles. The summed E-state index contributed by atoms with van der Waals surface area (Å²) in [6, 6.07) is 6.45. The first-order valence-corrected chi connectivity index (χ1v) is 5.98. The molecule has 1 aromatic carbocycles. The lowest BCUT2D eigenvalue weighted by Gasteiger charge is -2.07. The Morgan fingerprint density at radius 2 is 2.20 bits per heavy atom. The first kappa shape index (κ1) is 13.9. The lowest BCUT2D eigenvalue weighted by atomic mass is 10.3. The van der Waals surface area contributed by atoms with Gasteiger partial charge in [0.2, 0.25) is 0 Å². The summed E-state index contributed by atoms with van der Waals surface area (Å²) in [5.74, 6) is -0.829. The van der Waals surface area contributed by atoms with E-state index in [-0.39, 0.29) is 17.2 Å². The van der Waals surface area contributed by atoms with Crippen molar-refractivity contribution < 1.29 is 14.1 Å². The summed E-state index contributed by atoms with van der Waals surface area (Å²) in [5.41, 5.74) is -0.442. The number of nitrogens with zero attached hydrogens (tertiary/aromatic N) is 3. The highest BCUT2D eigenvalue weighted by molar-refractivity contribution is 9.10. The first-order valence-electron chi connectivity index (χ1n) is 5.18. The molecule has 0 unspecified atom stereocenters. The molecule has 100 valence electrons. The van der Waals surface area contributed by atoms with E-state index in [4.69, 9.17) is 10.00 Å². The summed E-state index contributed by atoms with van der Waals surface area (Å²) in [4.78, 5) is 13.9. The van der Waals surface area contributed by atoms with Crippen LogP contribution in [-0.2, 0) is 0 Å². The Labute approximate surface area is 120 Å². The second-order valence-corrected chi connectivity index (χ2v) is 4.45. The molecule has 0 N–H and O–H groups in total. The van der Waals surface area contributed by atoms with E-state index in [9.17, 15) is 14.5 Å². The van der Waals surface area contributed by atoms with Gasteiger partial charge in [0.1, 0.15) is 17.6 Å². The third kappa shape index (κ3) is 2.89. The third-order valence-electron chi connectivity index (χ3n) is 2.26. The monoisotopic (exact) mass is 337 g/mol. The molecule has 2 aromatic rings. The minimum atomic E-state index is -0.726. The van der Waals surface area contributed by atoms with Gasteiger partial charge in [-0.15, -0.1) is 0 Å². The van der Waals surface area contributed by atoms with Crippen LogP contribution in [0.3, 0.4) is 0 Å². The Kier molecular flexibility index (Phi) is 3.91. The van der Waals surface area contributed by atoms with Gasteiger partial charge in [0.25, 0.3) is 5.88 Å². The van der Waals surface area contributed by atoms with Crippen molar-refractivity contribution in [1.29, 1.82) is 5.26 Å². The van der Waals surface area contributed by atoms with Gasteiger partial charge in [-0.1, -0.05) is 0 Å². The minimum Gasteiger partial charge on any atom is -0.432 e. The topological polar surface area (TPSA) is 89.0 Å². The van der Waals surface area contributed by atoms with E-state index in [1.165, 1.54) is 12.1 Å². The average molecular weight is 338 g/mol. The number of ether oxygens (including phenoxy) is 1. The van der Waals surface area contributed by atoms with E-state index in [2.05, 4.69) is 20.9 Å². The molecule has 0 aliphatic carbocycles. The second-order valence-electron chi connectivity index (χ2n) is 3.59. The summed E-state index contributed by atoms with van der Waals surface area (Å²) >= 11 is 3.14. The molecule has 0 fully saturated rings. The van der Waals surface area contributed by atoms with E-state index in [1.54, 1.807) is 6.07 Å². The summed E-state index contributed by atoms with van der Waals surface area (Å²) in [7, 11) is 0. The van der Waals surface area contributed by atoms with Crippen molar-refractivity contribution in [3.05, 3.63) is 56.4 Å². The van der Waals surface area contributed by atoms with Gasteiger partial charge < -0.3 is 4.74 Å². The zero-order chi connectivity index (χ0) is 14.7. The van der Waals surface area contributed by atoms with E-state index >= 15 is 0 Å². The van der Waals surface area contributed by atoms with Crippen molar-refractivity contribution in [1.82, 2.24) is 4.98 Å². The fraction of sp³-hybridized carbons (Fsp3) is 0. The molecule has 1 aromatic heterocycles. The van der Waals surface area contributed by atoms with Crippen LogP contribution in [0.5, 0.6) is 11.6 Å².